The molecule has 4 nitrogen and oxygen atoms in total. The Labute approximate surface area is 108 Å². The summed E-state index contributed by atoms with van der Waals surface area (Å²) < 4.78 is 5.21. The van der Waals surface area contributed by atoms with Crippen LogP contribution < -0.4 is 5.73 Å². The Bertz CT molecular complexity index is 327. The normalized spacial score (nSPS) is 15.2. The van der Waals surface area contributed by atoms with Gasteiger partial charge in [-0.1, -0.05) is 39.3 Å². The number of rotatable bonds is 7. The molecular formula is C12H23N3OS. The molecule has 1 unspecified atom stereocenters. The van der Waals surface area contributed by atoms with Crippen LogP contribution in [0.4, 0.5) is 0 Å². The Morgan fingerprint density at radius 1 is 1.35 bits per heavy atom. The third kappa shape index (κ3) is 4.68. The maximum Gasteiger partial charge on any atom is 0.243 e. The predicted molar refractivity (Wildman–Crippen MR) is 71.7 cm³/mol. The van der Waals surface area contributed by atoms with E-state index in [-0.39, 0.29) is 6.04 Å². The van der Waals surface area contributed by atoms with Crippen molar-refractivity contribution in [3.05, 3.63) is 11.7 Å². The molecule has 98 valence electrons. The van der Waals surface area contributed by atoms with E-state index in [0.717, 1.165) is 23.8 Å². The van der Waals surface area contributed by atoms with Crippen molar-refractivity contribution < 1.29 is 4.52 Å². The van der Waals surface area contributed by atoms with Crippen molar-refractivity contribution in [2.24, 2.45) is 17.6 Å². The van der Waals surface area contributed by atoms with Gasteiger partial charge in [-0.25, -0.2) is 0 Å². The topological polar surface area (TPSA) is 64.9 Å². The number of aromatic nitrogens is 2. The van der Waals surface area contributed by atoms with E-state index in [1.807, 2.05) is 11.8 Å². The minimum atomic E-state index is -0.142. The minimum Gasteiger partial charge on any atom is -0.338 e. The lowest BCUT2D eigenvalue weighted by molar-refractivity contribution is 0.311. The smallest absolute Gasteiger partial charge is 0.243 e. The molecule has 0 bridgehead atoms. The lowest BCUT2D eigenvalue weighted by Gasteiger charge is -2.12. The van der Waals surface area contributed by atoms with E-state index in [4.69, 9.17) is 10.3 Å². The van der Waals surface area contributed by atoms with E-state index in [1.54, 1.807) is 0 Å². The third-order valence-electron chi connectivity index (χ3n) is 2.71. The summed E-state index contributed by atoms with van der Waals surface area (Å²) >= 11 is 1.83. The first-order valence-electron chi connectivity index (χ1n) is 6.20. The van der Waals surface area contributed by atoms with E-state index in [9.17, 15) is 0 Å². The molecule has 1 heterocycles. The van der Waals surface area contributed by atoms with Gasteiger partial charge in [0.1, 0.15) is 0 Å². The zero-order valence-electron chi connectivity index (χ0n) is 11.1. The van der Waals surface area contributed by atoms with Crippen LogP contribution in [-0.2, 0) is 5.75 Å². The Balaban J connectivity index is 2.47. The second-order valence-corrected chi connectivity index (χ2v) is 5.90. The van der Waals surface area contributed by atoms with Gasteiger partial charge in [-0.05, 0) is 17.6 Å². The van der Waals surface area contributed by atoms with Crippen LogP contribution in [0.2, 0.25) is 0 Å². The molecule has 17 heavy (non-hydrogen) atoms. The summed E-state index contributed by atoms with van der Waals surface area (Å²) in [5.74, 6) is 4.29. The van der Waals surface area contributed by atoms with Crippen molar-refractivity contribution in [3.63, 3.8) is 0 Å². The molecule has 0 fully saturated rings. The monoisotopic (exact) mass is 257 g/mol. The van der Waals surface area contributed by atoms with Crippen LogP contribution in [0.5, 0.6) is 0 Å². The SMILES string of the molecule is CCC(C)[C@H](N)c1nc(CSCC(C)C)no1. The zero-order valence-corrected chi connectivity index (χ0v) is 12.0. The molecule has 0 aromatic carbocycles. The lowest BCUT2D eigenvalue weighted by Crippen LogP contribution is -2.18. The highest BCUT2D eigenvalue weighted by Crippen LogP contribution is 2.21. The van der Waals surface area contributed by atoms with Gasteiger partial charge < -0.3 is 10.3 Å². The van der Waals surface area contributed by atoms with Gasteiger partial charge in [-0.15, -0.1) is 0 Å². The van der Waals surface area contributed by atoms with Crippen molar-refractivity contribution in [1.29, 1.82) is 0 Å². The van der Waals surface area contributed by atoms with Gasteiger partial charge >= 0.3 is 0 Å². The van der Waals surface area contributed by atoms with E-state index < -0.39 is 0 Å². The van der Waals surface area contributed by atoms with E-state index in [1.165, 1.54) is 0 Å². The Kier molecular flexibility index (Phi) is 5.98. The third-order valence-corrected chi connectivity index (χ3v) is 4.07. The fourth-order valence-corrected chi connectivity index (χ4v) is 2.23. The van der Waals surface area contributed by atoms with Crippen molar-refractivity contribution in [2.45, 2.75) is 45.9 Å². The Morgan fingerprint density at radius 2 is 2.06 bits per heavy atom. The molecule has 0 saturated heterocycles. The first-order valence-corrected chi connectivity index (χ1v) is 7.35. The molecule has 0 aliphatic heterocycles. The van der Waals surface area contributed by atoms with Crippen LogP contribution in [0.15, 0.2) is 4.52 Å². The number of thioether (sulfide) groups is 1. The number of hydrogen-bond acceptors (Lipinski definition) is 5. The second-order valence-electron chi connectivity index (χ2n) is 4.87. The standard InChI is InChI=1S/C12H23N3OS/c1-5-9(4)11(13)12-14-10(15-16-12)7-17-6-8(2)3/h8-9,11H,5-7,13H2,1-4H3/t9?,11-/m0/s1. The van der Waals surface area contributed by atoms with Crippen LogP contribution >= 0.6 is 11.8 Å². The lowest BCUT2D eigenvalue weighted by atomic mass is 10.0. The quantitative estimate of drug-likeness (QED) is 0.813. The molecule has 0 aliphatic rings. The van der Waals surface area contributed by atoms with Crippen LogP contribution in [0.25, 0.3) is 0 Å². The molecule has 0 amide bonds. The van der Waals surface area contributed by atoms with Crippen LogP contribution in [0, 0.1) is 11.8 Å². The summed E-state index contributed by atoms with van der Waals surface area (Å²) in [7, 11) is 0. The van der Waals surface area contributed by atoms with Gasteiger partial charge in [-0.2, -0.15) is 16.7 Å². The Morgan fingerprint density at radius 3 is 2.65 bits per heavy atom. The molecule has 0 saturated carbocycles. The van der Waals surface area contributed by atoms with Crippen molar-refractivity contribution in [1.82, 2.24) is 10.1 Å². The molecule has 1 aromatic rings. The highest BCUT2D eigenvalue weighted by atomic mass is 32.2. The fraction of sp³-hybridized carbons (Fsp3) is 0.833. The first-order chi connectivity index (χ1) is 8.04. The highest BCUT2D eigenvalue weighted by molar-refractivity contribution is 7.98. The second kappa shape index (κ2) is 7.01. The van der Waals surface area contributed by atoms with Gasteiger partial charge in [0, 0.05) is 0 Å². The number of hydrogen-bond donors (Lipinski definition) is 1. The Hall–Kier alpha value is -0.550. The molecule has 5 heteroatoms. The zero-order chi connectivity index (χ0) is 12.8. The molecule has 0 aliphatic carbocycles. The summed E-state index contributed by atoms with van der Waals surface area (Å²) in [6.45, 7) is 8.61. The first kappa shape index (κ1) is 14.5. The summed E-state index contributed by atoms with van der Waals surface area (Å²) in [4.78, 5) is 4.35. The van der Waals surface area contributed by atoms with Gasteiger partial charge in [0.05, 0.1) is 11.8 Å². The van der Waals surface area contributed by atoms with Crippen molar-refractivity contribution in [2.75, 3.05) is 5.75 Å². The van der Waals surface area contributed by atoms with Crippen LogP contribution in [0.3, 0.4) is 0 Å². The minimum absolute atomic E-state index is 0.142. The fourth-order valence-electron chi connectivity index (χ4n) is 1.34. The molecule has 1 aromatic heterocycles. The molecule has 2 atom stereocenters. The van der Waals surface area contributed by atoms with E-state index in [2.05, 4.69) is 37.8 Å². The average molecular weight is 257 g/mol. The van der Waals surface area contributed by atoms with E-state index in [0.29, 0.717) is 17.7 Å². The summed E-state index contributed by atoms with van der Waals surface area (Å²) in [5, 5.41) is 3.96. The van der Waals surface area contributed by atoms with Crippen LogP contribution in [-0.4, -0.2) is 15.9 Å². The molecule has 0 radical (unpaired) electrons. The average Bonchev–Trinajstić information content (AvgIpc) is 2.75. The number of nitrogens with two attached hydrogens (primary N) is 1. The molecule has 1 rings (SSSR count). The maximum atomic E-state index is 6.04. The summed E-state index contributed by atoms with van der Waals surface area (Å²) in [5.41, 5.74) is 6.04. The van der Waals surface area contributed by atoms with Gasteiger partial charge in [0.25, 0.3) is 0 Å². The molecular weight excluding hydrogens is 234 g/mol. The highest BCUT2D eigenvalue weighted by Gasteiger charge is 2.19. The van der Waals surface area contributed by atoms with E-state index >= 15 is 0 Å². The largest absolute Gasteiger partial charge is 0.338 e. The maximum absolute atomic E-state index is 6.04. The predicted octanol–water partition coefficient (Wildman–Crippen LogP) is 3.00. The summed E-state index contributed by atoms with van der Waals surface area (Å²) in [6.07, 6.45) is 1.01. The van der Waals surface area contributed by atoms with Crippen molar-refractivity contribution >= 4 is 11.8 Å². The molecule has 0 spiro atoms. The van der Waals surface area contributed by atoms with Gasteiger partial charge in [0.2, 0.25) is 5.89 Å². The summed E-state index contributed by atoms with van der Waals surface area (Å²) in [6, 6.07) is -0.142. The number of nitrogens with zero attached hydrogens (tertiary/aromatic N) is 2. The van der Waals surface area contributed by atoms with Crippen molar-refractivity contribution in [3.8, 4) is 0 Å². The van der Waals surface area contributed by atoms with Gasteiger partial charge in [0.15, 0.2) is 5.82 Å². The van der Waals surface area contributed by atoms with Gasteiger partial charge in [-0.3, -0.25) is 0 Å². The van der Waals surface area contributed by atoms with Crippen LogP contribution in [0.1, 0.15) is 51.9 Å². The molecule has 2 N–H and O–H groups in total.